The van der Waals surface area contributed by atoms with E-state index < -0.39 is 0 Å². The van der Waals surface area contributed by atoms with Gasteiger partial charge in [-0.1, -0.05) is 30.7 Å². The Morgan fingerprint density at radius 2 is 2.20 bits per heavy atom. The molecule has 1 aromatic heterocycles. The predicted molar refractivity (Wildman–Crippen MR) is 84.1 cm³/mol. The van der Waals surface area contributed by atoms with E-state index in [1.54, 1.807) is 0 Å². The molecule has 0 saturated carbocycles. The van der Waals surface area contributed by atoms with Crippen LogP contribution in [0.5, 0.6) is 0 Å². The SMILES string of the molecule is CCCNC(Cc1cccc(Cl)c1)c1cnn(CC)c1. The Balaban J connectivity index is 2.14. The van der Waals surface area contributed by atoms with Gasteiger partial charge >= 0.3 is 0 Å². The number of aryl methyl sites for hydroxylation is 1. The lowest BCUT2D eigenvalue weighted by Crippen LogP contribution is -2.23. The van der Waals surface area contributed by atoms with Gasteiger partial charge in [0.05, 0.1) is 6.20 Å². The van der Waals surface area contributed by atoms with Crippen molar-refractivity contribution in [3.8, 4) is 0 Å². The first-order valence-corrected chi connectivity index (χ1v) is 7.61. The molecule has 1 heterocycles. The maximum atomic E-state index is 6.07. The summed E-state index contributed by atoms with van der Waals surface area (Å²) in [7, 11) is 0. The highest BCUT2D eigenvalue weighted by Crippen LogP contribution is 2.20. The van der Waals surface area contributed by atoms with Crippen molar-refractivity contribution >= 4 is 11.6 Å². The van der Waals surface area contributed by atoms with Crippen molar-refractivity contribution in [2.24, 2.45) is 0 Å². The molecule has 20 heavy (non-hydrogen) atoms. The number of benzene rings is 1. The number of hydrogen-bond acceptors (Lipinski definition) is 2. The Kier molecular flexibility index (Phi) is 5.62. The Labute approximate surface area is 126 Å². The summed E-state index contributed by atoms with van der Waals surface area (Å²) >= 11 is 6.07. The number of aromatic nitrogens is 2. The molecule has 0 saturated heterocycles. The number of nitrogens with one attached hydrogen (secondary N) is 1. The van der Waals surface area contributed by atoms with Gasteiger partial charge in [0.1, 0.15) is 0 Å². The van der Waals surface area contributed by atoms with E-state index in [1.165, 1.54) is 11.1 Å². The van der Waals surface area contributed by atoms with Crippen molar-refractivity contribution in [2.45, 2.75) is 39.3 Å². The first-order valence-electron chi connectivity index (χ1n) is 7.23. The minimum Gasteiger partial charge on any atom is -0.310 e. The number of halogens is 1. The van der Waals surface area contributed by atoms with E-state index >= 15 is 0 Å². The van der Waals surface area contributed by atoms with Crippen LogP contribution in [0.1, 0.15) is 37.4 Å². The Morgan fingerprint density at radius 1 is 1.35 bits per heavy atom. The monoisotopic (exact) mass is 291 g/mol. The largest absolute Gasteiger partial charge is 0.310 e. The molecule has 1 aromatic carbocycles. The molecule has 0 aliphatic rings. The van der Waals surface area contributed by atoms with Crippen LogP contribution in [0.2, 0.25) is 5.02 Å². The first kappa shape index (κ1) is 15.1. The van der Waals surface area contributed by atoms with Gasteiger partial charge in [0.2, 0.25) is 0 Å². The minimum absolute atomic E-state index is 0.286. The van der Waals surface area contributed by atoms with Crippen LogP contribution < -0.4 is 5.32 Å². The summed E-state index contributed by atoms with van der Waals surface area (Å²) in [5.74, 6) is 0. The Hall–Kier alpha value is -1.32. The van der Waals surface area contributed by atoms with E-state index in [4.69, 9.17) is 11.6 Å². The van der Waals surface area contributed by atoms with Crippen molar-refractivity contribution in [3.63, 3.8) is 0 Å². The summed E-state index contributed by atoms with van der Waals surface area (Å²) in [6.45, 7) is 6.18. The van der Waals surface area contributed by atoms with Gasteiger partial charge in [-0.05, 0) is 44.0 Å². The quantitative estimate of drug-likeness (QED) is 0.840. The third kappa shape index (κ3) is 4.09. The molecular formula is C16H22ClN3. The average Bonchev–Trinajstić information content (AvgIpc) is 2.92. The molecule has 1 unspecified atom stereocenters. The molecule has 2 rings (SSSR count). The van der Waals surface area contributed by atoms with Crippen LogP contribution in [0.4, 0.5) is 0 Å². The fourth-order valence-corrected chi connectivity index (χ4v) is 2.47. The lowest BCUT2D eigenvalue weighted by Gasteiger charge is -2.17. The third-order valence-electron chi connectivity index (χ3n) is 3.35. The van der Waals surface area contributed by atoms with Crippen LogP contribution in [-0.2, 0) is 13.0 Å². The van der Waals surface area contributed by atoms with Crippen LogP contribution in [-0.4, -0.2) is 16.3 Å². The molecule has 0 bridgehead atoms. The zero-order chi connectivity index (χ0) is 14.4. The minimum atomic E-state index is 0.286. The normalized spacial score (nSPS) is 12.6. The van der Waals surface area contributed by atoms with E-state index in [0.717, 1.165) is 31.0 Å². The molecule has 2 aromatic rings. The predicted octanol–water partition coefficient (Wildman–Crippen LogP) is 3.84. The summed E-state index contributed by atoms with van der Waals surface area (Å²) in [6.07, 6.45) is 6.13. The molecule has 3 nitrogen and oxygen atoms in total. The summed E-state index contributed by atoms with van der Waals surface area (Å²) in [5, 5.41) is 8.76. The van der Waals surface area contributed by atoms with Gasteiger partial charge in [-0.15, -0.1) is 0 Å². The highest BCUT2D eigenvalue weighted by molar-refractivity contribution is 6.30. The van der Waals surface area contributed by atoms with E-state index in [9.17, 15) is 0 Å². The molecular weight excluding hydrogens is 270 g/mol. The van der Waals surface area contributed by atoms with Gasteiger partial charge in [-0.2, -0.15) is 5.10 Å². The van der Waals surface area contributed by atoms with Gasteiger partial charge < -0.3 is 5.32 Å². The molecule has 108 valence electrons. The van der Waals surface area contributed by atoms with Crippen molar-refractivity contribution in [2.75, 3.05) is 6.54 Å². The standard InChI is InChI=1S/C16H22ClN3/c1-3-8-18-16(14-11-19-20(4-2)12-14)10-13-6-5-7-15(17)9-13/h5-7,9,11-12,16,18H,3-4,8,10H2,1-2H3. The molecule has 0 amide bonds. The lowest BCUT2D eigenvalue weighted by atomic mass is 10.0. The lowest BCUT2D eigenvalue weighted by molar-refractivity contribution is 0.528. The second-order valence-corrected chi connectivity index (χ2v) is 5.41. The Morgan fingerprint density at radius 3 is 2.85 bits per heavy atom. The molecule has 0 aliphatic carbocycles. The molecule has 0 fully saturated rings. The van der Waals surface area contributed by atoms with Crippen molar-refractivity contribution in [3.05, 3.63) is 52.8 Å². The second kappa shape index (κ2) is 7.46. The van der Waals surface area contributed by atoms with Crippen LogP contribution in [0, 0.1) is 0 Å². The summed E-state index contributed by atoms with van der Waals surface area (Å²) < 4.78 is 1.97. The van der Waals surface area contributed by atoms with Crippen molar-refractivity contribution in [1.29, 1.82) is 0 Å². The highest BCUT2D eigenvalue weighted by Gasteiger charge is 2.13. The van der Waals surface area contributed by atoms with Crippen LogP contribution >= 0.6 is 11.6 Å². The number of hydrogen-bond donors (Lipinski definition) is 1. The Bertz CT molecular complexity index is 536. The molecule has 0 radical (unpaired) electrons. The van der Waals surface area contributed by atoms with Crippen LogP contribution in [0.15, 0.2) is 36.7 Å². The van der Waals surface area contributed by atoms with E-state index in [0.29, 0.717) is 0 Å². The number of nitrogens with zero attached hydrogens (tertiary/aromatic N) is 2. The third-order valence-corrected chi connectivity index (χ3v) is 3.58. The summed E-state index contributed by atoms with van der Waals surface area (Å²) in [4.78, 5) is 0. The first-order chi connectivity index (χ1) is 9.72. The fraction of sp³-hybridized carbons (Fsp3) is 0.438. The van der Waals surface area contributed by atoms with Gasteiger partial charge in [0, 0.05) is 29.4 Å². The van der Waals surface area contributed by atoms with Crippen LogP contribution in [0.3, 0.4) is 0 Å². The van der Waals surface area contributed by atoms with Gasteiger partial charge in [0.25, 0.3) is 0 Å². The molecule has 0 spiro atoms. The summed E-state index contributed by atoms with van der Waals surface area (Å²) in [6, 6.07) is 8.36. The molecule has 1 atom stereocenters. The molecule has 1 N–H and O–H groups in total. The summed E-state index contributed by atoms with van der Waals surface area (Å²) in [5.41, 5.74) is 2.48. The smallest absolute Gasteiger partial charge is 0.0537 e. The van der Waals surface area contributed by atoms with E-state index in [-0.39, 0.29) is 6.04 Å². The van der Waals surface area contributed by atoms with Crippen molar-refractivity contribution < 1.29 is 0 Å². The fourth-order valence-electron chi connectivity index (χ4n) is 2.26. The maximum Gasteiger partial charge on any atom is 0.0537 e. The maximum absolute atomic E-state index is 6.07. The molecule has 4 heteroatoms. The van der Waals surface area contributed by atoms with Gasteiger partial charge in [0.15, 0.2) is 0 Å². The zero-order valence-corrected chi connectivity index (χ0v) is 12.9. The topological polar surface area (TPSA) is 29.9 Å². The van der Waals surface area contributed by atoms with E-state index in [1.807, 2.05) is 29.1 Å². The molecule has 0 aliphatic heterocycles. The van der Waals surface area contributed by atoms with Crippen molar-refractivity contribution in [1.82, 2.24) is 15.1 Å². The van der Waals surface area contributed by atoms with Gasteiger partial charge in [-0.25, -0.2) is 0 Å². The van der Waals surface area contributed by atoms with E-state index in [2.05, 4.69) is 36.5 Å². The van der Waals surface area contributed by atoms with Gasteiger partial charge in [-0.3, -0.25) is 4.68 Å². The van der Waals surface area contributed by atoms with Crippen LogP contribution in [0.25, 0.3) is 0 Å². The average molecular weight is 292 g/mol. The zero-order valence-electron chi connectivity index (χ0n) is 12.1. The second-order valence-electron chi connectivity index (χ2n) is 4.97. The highest BCUT2D eigenvalue weighted by atomic mass is 35.5. The number of rotatable bonds is 7.